The predicted octanol–water partition coefficient (Wildman–Crippen LogP) is 4.88. The number of amides is 1. The van der Waals surface area contributed by atoms with E-state index in [4.69, 9.17) is 4.74 Å². The van der Waals surface area contributed by atoms with E-state index in [0.29, 0.717) is 23.5 Å². The van der Waals surface area contributed by atoms with Crippen molar-refractivity contribution >= 4 is 33.9 Å². The van der Waals surface area contributed by atoms with Gasteiger partial charge in [0, 0.05) is 15.6 Å². The van der Waals surface area contributed by atoms with Crippen LogP contribution in [-0.4, -0.2) is 17.0 Å². The molecule has 0 aromatic heterocycles. The summed E-state index contributed by atoms with van der Waals surface area (Å²) < 4.78 is 6.74. The van der Waals surface area contributed by atoms with Crippen LogP contribution in [-0.2, 0) is 11.4 Å². The van der Waals surface area contributed by atoms with E-state index in [1.807, 2.05) is 24.3 Å². The zero-order valence-corrected chi connectivity index (χ0v) is 16.9. The molecule has 0 spiro atoms. The summed E-state index contributed by atoms with van der Waals surface area (Å²) in [5.74, 6) is -1.04. The van der Waals surface area contributed by atoms with Gasteiger partial charge in [-0.2, -0.15) is 0 Å². The first-order chi connectivity index (χ1) is 14.0. The number of halogens is 1. The summed E-state index contributed by atoms with van der Waals surface area (Å²) in [5.41, 5.74) is 1.83. The molecule has 3 aromatic carbocycles. The molecule has 0 unspecified atom stereocenters. The average Bonchev–Trinajstić information content (AvgIpc) is 2.74. The maximum Gasteiger partial charge on any atom is 0.352 e. The molecule has 6 heteroatoms. The van der Waals surface area contributed by atoms with Crippen LogP contribution in [0.1, 0.15) is 21.5 Å². The van der Waals surface area contributed by atoms with Crippen LogP contribution < -0.4 is 10.1 Å². The number of ether oxygens (including phenoxy) is 1. The van der Waals surface area contributed by atoms with Gasteiger partial charge in [-0.1, -0.05) is 64.5 Å². The highest BCUT2D eigenvalue weighted by molar-refractivity contribution is 9.10. The van der Waals surface area contributed by atoms with Gasteiger partial charge in [0.25, 0.3) is 5.91 Å². The number of carbonyl (C=O) groups excluding carboxylic acids is 1. The van der Waals surface area contributed by atoms with Crippen LogP contribution in [0.3, 0.4) is 0 Å². The maximum absolute atomic E-state index is 12.2. The summed E-state index contributed by atoms with van der Waals surface area (Å²) in [5, 5.41) is 11.8. The van der Waals surface area contributed by atoms with Gasteiger partial charge in [0.2, 0.25) is 0 Å². The van der Waals surface area contributed by atoms with E-state index in [9.17, 15) is 14.7 Å². The number of carboxylic acids is 1. The standard InChI is InChI=1S/C23H18BrNO4/c24-20-9-5-4-8-18(20)15-29-19-12-10-16(11-13-19)14-21(23(27)28)25-22(26)17-6-2-1-3-7-17/h1-14H,15H2,(H,25,26)(H,27,28)/b21-14+. The van der Waals surface area contributed by atoms with Crippen molar-refractivity contribution < 1.29 is 19.4 Å². The van der Waals surface area contributed by atoms with Crippen LogP contribution >= 0.6 is 15.9 Å². The molecule has 3 aromatic rings. The molecule has 0 saturated carbocycles. The number of aliphatic carboxylic acids is 1. The van der Waals surface area contributed by atoms with Crippen molar-refractivity contribution in [1.82, 2.24) is 5.32 Å². The lowest BCUT2D eigenvalue weighted by Crippen LogP contribution is -2.27. The molecule has 0 aliphatic rings. The van der Waals surface area contributed by atoms with Gasteiger partial charge in [0.15, 0.2) is 0 Å². The molecular weight excluding hydrogens is 434 g/mol. The molecule has 29 heavy (non-hydrogen) atoms. The van der Waals surface area contributed by atoms with E-state index >= 15 is 0 Å². The number of nitrogens with one attached hydrogen (secondary N) is 1. The third-order valence-electron chi connectivity index (χ3n) is 4.06. The minimum absolute atomic E-state index is 0.208. The van der Waals surface area contributed by atoms with Gasteiger partial charge in [-0.05, 0) is 42.0 Å². The lowest BCUT2D eigenvalue weighted by atomic mass is 10.1. The first kappa shape index (κ1) is 20.4. The Morgan fingerprint density at radius 2 is 1.59 bits per heavy atom. The Morgan fingerprint density at radius 3 is 2.24 bits per heavy atom. The van der Waals surface area contributed by atoms with E-state index in [0.717, 1.165) is 10.0 Å². The second-order valence-electron chi connectivity index (χ2n) is 6.13. The fourth-order valence-electron chi connectivity index (χ4n) is 2.54. The molecule has 0 aliphatic heterocycles. The Labute approximate surface area is 176 Å². The number of rotatable bonds is 7. The van der Waals surface area contributed by atoms with Crippen molar-refractivity contribution in [1.29, 1.82) is 0 Å². The molecule has 0 atom stereocenters. The molecule has 0 radical (unpaired) electrons. The Balaban J connectivity index is 1.68. The first-order valence-electron chi connectivity index (χ1n) is 8.80. The first-order valence-corrected chi connectivity index (χ1v) is 9.60. The normalized spacial score (nSPS) is 11.0. The number of hydrogen-bond donors (Lipinski definition) is 2. The number of hydrogen-bond acceptors (Lipinski definition) is 3. The minimum atomic E-state index is -1.22. The van der Waals surface area contributed by atoms with Gasteiger partial charge in [0.1, 0.15) is 18.1 Å². The summed E-state index contributed by atoms with van der Waals surface area (Å²) in [4.78, 5) is 23.7. The highest BCUT2D eigenvalue weighted by Crippen LogP contribution is 2.20. The zero-order chi connectivity index (χ0) is 20.6. The molecule has 0 fully saturated rings. The molecule has 146 valence electrons. The molecule has 3 rings (SSSR count). The monoisotopic (exact) mass is 451 g/mol. The SMILES string of the molecule is O=C(O)/C(=C\c1ccc(OCc2ccccc2Br)cc1)NC(=O)c1ccccc1. The van der Waals surface area contributed by atoms with Crippen LogP contribution in [0.15, 0.2) is 89.0 Å². The van der Waals surface area contributed by atoms with Crippen LogP contribution in [0.4, 0.5) is 0 Å². The van der Waals surface area contributed by atoms with E-state index in [1.165, 1.54) is 6.08 Å². The fourth-order valence-corrected chi connectivity index (χ4v) is 2.94. The lowest BCUT2D eigenvalue weighted by molar-refractivity contribution is -0.132. The highest BCUT2D eigenvalue weighted by Gasteiger charge is 2.13. The zero-order valence-electron chi connectivity index (χ0n) is 15.3. The summed E-state index contributed by atoms with van der Waals surface area (Å²) in [6.07, 6.45) is 1.40. The van der Waals surface area contributed by atoms with Gasteiger partial charge >= 0.3 is 5.97 Å². The summed E-state index contributed by atoms with van der Waals surface area (Å²) in [6.45, 7) is 0.407. The van der Waals surface area contributed by atoms with Crippen LogP contribution in [0.25, 0.3) is 6.08 Å². The average molecular weight is 452 g/mol. The van der Waals surface area contributed by atoms with Gasteiger partial charge < -0.3 is 15.2 Å². The largest absolute Gasteiger partial charge is 0.489 e. The van der Waals surface area contributed by atoms with Gasteiger partial charge in [0.05, 0.1) is 0 Å². The Hall–Kier alpha value is -3.38. The van der Waals surface area contributed by atoms with Crippen molar-refractivity contribution in [2.45, 2.75) is 6.61 Å². The molecular formula is C23H18BrNO4. The van der Waals surface area contributed by atoms with Gasteiger partial charge in [-0.15, -0.1) is 0 Å². The molecule has 0 bridgehead atoms. The summed E-state index contributed by atoms with van der Waals surface area (Å²) in [6, 6.07) is 23.2. The Morgan fingerprint density at radius 1 is 0.931 bits per heavy atom. The molecule has 5 nitrogen and oxygen atoms in total. The van der Waals surface area contributed by atoms with Crippen molar-refractivity contribution in [3.05, 3.63) is 106 Å². The smallest absolute Gasteiger partial charge is 0.352 e. The van der Waals surface area contributed by atoms with E-state index in [-0.39, 0.29) is 5.70 Å². The van der Waals surface area contributed by atoms with Crippen LogP contribution in [0.5, 0.6) is 5.75 Å². The quantitative estimate of drug-likeness (QED) is 0.501. The molecule has 0 saturated heterocycles. The van der Waals surface area contributed by atoms with Crippen LogP contribution in [0.2, 0.25) is 0 Å². The third kappa shape index (κ3) is 5.80. The fraction of sp³-hybridized carbons (Fsp3) is 0.0435. The molecule has 1 amide bonds. The Kier molecular flexibility index (Phi) is 6.81. The minimum Gasteiger partial charge on any atom is -0.489 e. The lowest BCUT2D eigenvalue weighted by Gasteiger charge is -2.09. The topological polar surface area (TPSA) is 75.6 Å². The van der Waals surface area contributed by atoms with E-state index in [2.05, 4.69) is 21.2 Å². The number of carbonyl (C=O) groups is 2. The van der Waals surface area contributed by atoms with Gasteiger partial charge in [-0.25, -0.2) is 4.79 Å². The van der Waals surface area contributed by atoms with Gasteiger partial charge in [-0.3, -0.25) is 4.79 Å². The maximum atomic E-state index is 12.2. The van der Waals surface area contributed by atoms with Crippen LogP contribution in [0, 0.1) is 0 Å². The third-order valence-corrected chi connectivity index (χ3v) is 4.83. The highest BCUT2D eigenvalue weighted by atomic mass is 79.9. The second-order valence-corrected chi connectivity index (χ2v) is 6.99. The molecule has 0 heterocycles. The van der Waals surface area contributed by atoms with Crippen molar-refractivity contribution in [3.63, 3.8) is 0 Å². The Bertz CT molecular complexity index is 1030. The number of carboxylic acid groups (broad SMARTS) is 1. The second kappa shape index (κ2) is 9.71. The van der Waals surface area contributed by atoms with E-state index in [1.54, 1.807) is 54.6 Å². The summed E-state index contributed by atoms with van der Waals surface area (Å²) >= 11 is 3.48. The van der Waals surface area contributed by atoms with Crippen molar-refractivity contribution in [2.24, 2.45) is 0 Å². The number of benzene rings is 3. The van der Waals surface area contributed by atoms with Crippen molar-refractivity contribution in [2.75, 3.05) is 0 Å². The molecule has 0 aliphatic carbocycles. The van der Waals surface area contributed by atoms with E-state index < -0.39 is 11.9 Å². The predicted molar refractivity (Wildman–Crippen MR) is 114 cm³/mol. The van der Waals surface area contributed by atoms with Crippen molar-refractivity contribution in [3.8, 4) is 5.75 Å². The summed E-state index contributed by atoms with van der Waals surface area (Å²) in [7, 11) is 0. The molecule has 2 N–H and O–H groups in total.